The maximum Gasteiger partial charge on any atom is 0.251 e. The molecule has 0 unspecified atom stereocenters. The van der Waals surface area contributed by atoms with Gasteiger partial charge in [0.25, 0.3) is 5.91 Å². The molecule has 3 rings (SSSR count). The van der Waals surface area contributed by atoms with Crippen LogP contribution in [0.15, 0.2) is 24.3 Å². The van der Waals surface area contributed by atoms with Gasteiger partial charge in [-0.15, -0.1) is 0 Å². The second-order valence-electron chi connectivity index (χ2n) is 6.22. The van der Waals surface area contributed by atoms with Crippen molar-refractivity contribution in [3.8, 4) is 0 Å². The van der Waals surface area contributed by atoms with Crippen molar-refractivity contribution in [3.05, 3.63) is 35.4 Å². The molecular weight excluding hydrogens is 280 g/mol. The Kier molecular flexibility index (Phi) is 5.08. The van der Waals surface area contributed by atoms with Gasteiger partial charge in [-0.1, -0.05) is 18.6 Å². The van der Waals surface area contributed by atoms with Gasteiger partial charge in [-0.05, 0) is 43.6 Å². The third kappa shape index (κ3) is 3.85. The quantitative estimate of drug-likeness (QED) is 0.876. The average molecular weight is 304 g/mol. The minimum absolute atomic E-state index is 0.154. The van der Waals surface area contributed by atoms with Crippen LogP contribution in [0.1, 0.15) is 35.2 Å². The number of carbonyl (C=O) groups is 1. The third-order valence-electron chi connectivity index (χ3n) is 4.44. The standard InChI is InChI=1S/C17H24N2O3/c20-16-12-22-11-15(16)18-17(21)14-6-4-13(5-7-14)10-19-8-2-1-3-9-19/h4-7,15-16,20H,1-3,8-12H2,(H,18,21)/t15-,16-/m0/s1. The topological polar surface area (TPSA) is 61.8 Å². The first-order valence-electron chi connectivity index (χ1n) is 8.10. The summed E-state index contributed by atoms with van der Waals surface area (Å²) in [6, 6.07) is 7.45. The van der Waals surface area contributed by atoms with Gasteiger partial charge in [-0.2, -0.15) is 0 Å². The summed E-state index contributed by atoms with van der Waals surface area (Å²) in [5.74, 6) is -0.154. The van der Waals surface area contributed by atoms with Crippen molar-refractivity contribution in [2.45, 2.75) is 38.0 Å². The summed E-state index contributed by atoms with van der Waals surface area (Å²) in [6.07, 6.45) is 3.30. The molecule has 0 aromatic heterocycles. The largest absolute Gasteiger partial charge is 0.388 e. The fourth-order valence-electron chi connectivity index (χ4n) is 3.07. The van der Waals surface area contributed by atoms with Crippen LogP contribution in [0.4, 0.5) is 0 Å². The molecule has 1 amide bonds. The average Bonchev–Trinajstić information content (AvgIpc) is 2.94. The van der Waals surface area contributed by atoms with Crippen molar-refractivity contribution in [3.63, 3.8) is 0 Å². The van der Waals surface area contributed by atoms with E-state index in [9.17, 15) is 9.90 Å². The number of ether oxygens (including phenoxy) is 1. The molecule has 0 aliphatic carbocycles. The van der Waals surface area contributed by atoms with Crippen molar-refractivity contribution < 1.29 is 14.6 Å². The fraction of sp³-hybridized carbons (Fsp3) is 0.588. The molecule has 0 radical (unpaired) electrons. The molecule has 2 aliphatic heterocycles. The number of rotatable bonds is 4. The van der Waals surface area contributed by atoms with Crippen molar-refractivity contribution in [1.29, 1.82) is 0 Å². The Labute approximate surface area is 131 Å². The predicted molar refractivity (Wildman–Crippen MR) is 83.7 cm³/mol. The second kappa shape index (κ2) is 7.22. The van der Waals surface area contributed by atoms with E-state index in [0.29, 0.717) is 18.8 Å². The van der Waals surface area contributed by atoms with Gasteiger partial charge in [-0.3, -0.25) is 9.69 Å². The number of nitrogens with one attached hydrogen (secondary N) is 1. The van der Waals surface area contributed by atoms with E-state index >= 15 is 0 Å². The van der Waals surface area contributed by atoms with Gasteiger partial charge in [0.1, 0.15) is 0 Å². The lowest BCUT2D eigenvalue weighted by Gasteiger charge is -2.26. The van der Waals surface area contributed by atoms with Crippen molar-refractivity contribution >= 4 is 5.91 Å². The number of amides is 1. The molecule has 5 nitrogen and oxygen atoms in total. The number of nitrogens with zero attached hydrogens (tertiary/aromatic N) is 1. The lowest BCUT2D eigenvalue weighted by Crippen LogP contribution is -2.42. The minimum Gasteiger partial charge on any atom is -0.388 e. The Morgan fingerprint density at radius 2 is 1.91 bits per heavy atom. The highest BCUT2D eigenvalue weighted by Crippen LogP contribution is 2.14. The summed E-state index contributed by atoms with van der Waals surface area (Å²) in [5, 5.41) is 12.5. The Hall–Kier alpha value is -1.43. The van der Waals surface area contributed by atoms with Crippen molar-refractivity contribution in [2.75, 3.05) is 26.3 Å². The van der Waals surface area contributed by atoms with Gasteiger partial charge in [-0.25, -0.2) is 0 Å². The number of piperidine rings is 1. The SMILES string of the molecule is O=C(N[C@H]1COC[C@@H]1O)c1ccc(CN2CCCCC2)cc1. The van der Waals surface area contributed by atoms with E-state index in [4.69, 9.17) is 4.74 Å². The lowest BCUT2D eigenvalue weighted by atomic mass is 10.1. The van der Waals surface area contributed by atoms with Gasteiger partial charge in [0.15, 0.2) is 0 Å². The number of aliphatic hydroxyl groups is 1. The Morgan fingerprint density at radius 3 is 2.55 bits per heavy atom. The molecule has 0 spiro atoms. The molecule has 22 heavy (non-hydrogen) atoms. The van der Waals surface area contributed by atoms with Gasteiger partial charge >= 0.3 is 0 Å². The first-order chi connectivity index (χ1) is 10.7. The summed E-state index contributed by atoms with van der Waals surface area (Å²) >= 11 is 0. The number of benzene rings is 1. The molecule has 1 aromatic rings. The molecule has 5 heteroatoms. The summed E-state index contributed by atoms with van der Waals surface area (Å²) < 4.78 is 5.14. The van der Waals surface area contributed by atoms with Gasteiger partial charge in [0, 0.05) is 12.1 Å². The van der Waals surface area contributed by atoms with Crippen LogP contribution in [-0.2, 0) is 11.3 Å². The monoisotopic (exact) mass is 304 g/mol. The minimum atomic E-state index is -0.609. The summed E-state index contributed by atoms with van der Waals surface area (Å²) in [5.41, 5.74) is 1.86. The first kappa shape index (κ1) is 15.5. The van der Waals surface area contributed by atoms with Gasteiger partial charge < -0.3 is 15.2 Å². The number of aliphatic hydroxyl groups excluding tert-OH is 1. The zero-order valence-corrected chi connectivity index (χ0v) is 12.8. The Morgan fingerprint density at radius 1 is 1.18 bits per heavy atom. The summed E-state index contributed by atoms with van der Waals surface area (Å²) in [7, 11) is 0. The number of carbonyl (C=O) groups excluding carboxylic acids is 1. The van der Waals surface area contributed by atoms with Crippen LogP contribution in [0.3, 0.4) is 0 Å². The van der Waals surface area contributed by atoms with E-state index in [0.717, 1.165) is 6.54 Å². The van der Waals surface area contributed by atoms with Crippen LogP contribution in [0, 0.1) is 0 Å². The molecule has 0 bridgehead atoms. The summed E-state index contributed by atoms with van der Waals surface area (Å²) in [4.78, 5) is 14.6. The number of hydrogen-bond acceptors (Lipinski definition) is 4. The zero-order valence-electron chi connectivity index (χ0n) is 12.8. The van der Waals surface area contributed by atoms with Gasteiger partial charge in [0.2, 0.25) is 0 Å². The van der Waals surface area contributed by atoms with E-state index in [1.54, 1.807) is 0 Å². The maximum atomic E-state index is 12.2. The molecule has 2 N–H and O–H groups in total. The highest BCUT2D eigenvalue weighted by Gasteiger charge is 2.27. The third-order valence-corrected chi connectivity index (χ3v) is 4.44. The molecule has 2 heterocycles. The van der Waals surface area contributed by atoms with E-state index < -0.39 is 6.10 Å². The van der Waals surface area contributed by atoms with Crippen LogP contribution in [-0.4, -0.2) is 54.4 Å². The molecule has 0 saturated carbocycles. The highest BCUT2D eigenvalue weighted by atomic mass is 16.5. The zero-order chi connectivity index (χ0) is 15.4. The van der Waals surface area contributed by atoms with E-state index in [-0.39, 0.29) is 11.9 Å². The van der Waals surface area contributed by atoms with Crippen LogP contribution in [0.5, 0.6) is 0 Å². The van der Waals surface area contributed by atoms with E-state index in [2.05, 4.69) is 10.2 Å². The second-order valence-corrected chi connectivity index (χ2v) is 6.22. The number of hydrogen-bond donors (Lipinski definition) is 2. The lowest BCUT2D eigenvalue weighted by molar-refractivity contribution is 0.0886. The van der Waals surface area contributed by atoms with Gasteiger partial charge in [0.05, 0.1) is 25.4 Å². The van der Waals surface area contributed by atoms with Crippen molar-refractivity contribution in [2.24, 2.45) is 0 Å². The van der Waals surface area contributed by atoms with Crippen LogP contribution in [0.25, 0.3) is 0 Å². The smallest absolute Gasteiger partial charge is 0.251 e. The number of likely N-dealkylation sites (tertiary alicyclic amines) is 1. The molecular formula is C17H24N2O3. The molecule has 2 atom stereocenters. The van der Waals surface area contributed by atoms with Crippen LogP contribution < -0.4 is 5.32 Å². The molecule has 2 aliphatic rings. The van der Waals surface area contributed by atoms with Crippen LogP contribution >= 0.6 is 0 Å². The van der Waals surface area contributed by atoms with Crippen molar-refractivity contribution in [1.82, 2.24) is 10.2 Å². The predicted octanol–water partition coefficient (Wildman–Crippen LogP) is 1.16. The fourth-order valence-corrected chi connectivity index (χ4v) is 3.07. The molecule has 120 valence electrons. The maximum absolute atomic E-state index is 12.2. The molecule has 2 saturated heterocycles. The van der Waals surface area contributed by atoms with E-state index in [1.165, 1.54) is 37.9 Å². The Balaban J connectivity index is 1.55. The first-order valence-corrected chi connectivity index (χ1v) is 8.10. The molecule has 1 aromatic carbocycles. The Bertz CT molecular complexity index is 497. The van der Waals surface area contributed by atoms with Crippen LogP contribution in [0.2, 0.25) is 0 Å². The summed E-state index contributed by atoms with van der Waals surface area (Å²) in [6.45, 7) is 3.96. The highest BCUT2D eigenvalue weighted by molar-refractivity contribution is 5.94. The normalized spacial score (nSPS) is 26.0. The van der Waals surface area contributed by atoms with E-state index in [1.807, 2.05) is 24.3 Å². The molecule has 2 fully saturated rings.